The summed E-state index contributed by atoms with van der Waals surface area (Å²) < 4.78 is 1.64. The van der Waals surface area contributed by atoms with Crippen LogP contribution in [-0.2, 0) is 6.54 Å². The molecule has 1 fully saturated rings. The molecular weight excluding hydrogens is 316 g/mol. The molecule has 0 bridgehead atoms. The molecule has 3 aromatic rings. The summed E-state index contributed by atoms with van der Waals surface area (Å²) in [7, 11) is 0. The Balaban J connectivity index is 1.66. The van der Waals surface area contributed by atoms with Crippen molar-refractivity contribution in [3.8, 4) is 0 Å². The fraction of sp³-hybridized carbons (Fsp3) is 0.444. The van der Waals surface area contributed by atoms with Crippen molar-refractivity contribution in [3.63, 3.8) is 0 Å². The molecule has 1 saturated carbocycles. The Kier molecular flexibility index (Phi) is 4.21. The van der Waals surface area contributed by atoms with E-state index in [1.165, 1.54) is 12.8 Å². The zero-order valence-electron chi connectivity index (χ0n) is 14.3. The molecule has 2 aromatic heterocycles. The molecule has 2 heterocycles. The molecule has 1 aliphatic rings. The van der Waals surface area contributed by atoms with E-state index >= 15 is 0 Å². The fourth-order valence-corrected chi connectivity index (χ4v) is 3.64. The number of aromatic amines is 1. The summed E-state index contributed by atoms with van der Waals surface area (Å²) in [5, 5.41) is 18.6. The van der Waals surface area contributed by atoms with Gasteiger partial charge in [-0.3, -0.25) is 4.79 Å². The number of benzene rings is 1. The van der Waals surface area contributed by atoms with Crippen LogP contribution in [0.5, 0.6) is 0 Å². The van der Waals surface area contributed by atoms with E-state index < -0.39 is 0 Å². The van der Waals surface area contributed by atoms with Crippen LogP contribution in [0.15, 0.2) is 35.1 Å². The van der Waals surface area contributed by atoms with E-state index in [0.29, 0.717) is 35.4 Å². The fourth-order valence-electron chi connectivity index (χ4n) is 3.64. The van der Waals surface area contributed by atoms with Crippen LogP contribution in [0.4, 0.5) is 5.82 Å². The summed E-state index contributed by atoms with van der Waals surface area (Å²) in [6, 6.07) is 10.3. The molecule has 0 amide bonds. The van der Waals surface area contributed by atoms with Gasteiger partial charge in [-0.05, 0) is 24.3 Å². The highest BCUT2D eigenvalue weighted by atomic mass is 16.1. The predicted octanol–water partition coefficient (Wildman–Crippen LogP) is 2.55. The Hall–Kier alpha value is -2.70. The molecule has 7 nitrogen and oxygen atoms in total. The number of fused-ring (bicyclic) bond motifs is 1. The predicted molar refractivity (Wildman–Crippen MR) is 96.5 cm³/mol. The third-order valence-electron chi connectivity index (χ3n) is 4.90. The molecule has 2 atom stereocenters. The van der Waals surface area contributed by atoms with Crippen LogP contribution in [0.1, 0.15) is 38.2 Å². The minimum absolute atomic E-state index is 0.265. The van der Waals surface area contributed by atoms with Gasteiger partial charge in [0.25, 0.3) is 5.56 Å². The van der Waals surface area contributed by atoms with Gasteiger partial charge in [0.1, 0.15) is 0 Å². The van der Waals surface area contributed by atoms with Crippen molar-refractivity contribution in [3.05, 3.63) is 46.2 Å². The lowest BCUT2D eigenvalue weighted by molar-refractivity contribution is 0.358. The van der Waals surface area contributed by atoms with Crippen LogP contribution in [0.2, 0.25) is 0 Å². The first-order valence-electron chi connectivity index (χ1n) is 8.83. The number of nitrogens with zero attached hydrogens (tertiary/aromatic N) is 4. The van der Waals surface area contributed by atoms with Gasteiger partial charge >= 0.3 is 0 Å². The number of nitrogens with one attached hydrogen (secondary N) is 2. The first-order valence-corrected chi connectivity index (χ1v) is 8.83. The average molecular weight is 338 g/mol. The normalized spacial score (nSPS) is 20.7. The molecule has 4 rings (SSSR count). The van der Waals surface area contributed by atoms with Gasteiger partial charge in [-0.25, -0.2) is 9.78 Å². The Morgan fingerprint density at radius 1 is 1.28 bits per heavy atom. The molecule has 0 saturated heterocycles. The van der Waals surface area contributed by atoms with E-state index in [1.54, 1.807) is 4.68 Å². The molecule has 25 heavy (non-hydrogen) atoms. The number of anilines is 1. The molecule has 1 aliphatic carbocycles. The zero-order chi connectivity index (χ0) is 17.2. The summed E-state index contributed by atoms with van der Waals surface area (Å²) in [6.45, 7) is 2.78. The Morgan fingerprint density at radius 2 is 2.12 bits per heavy atom. The van der Waals surface area contributed by atoms with Crippen molar-refractivity contribution in [2.24, 2.45) is 5.92 Å². The van der Waals surface area contributed by atoms with E-state index in [0.717, 1.165) is 18.4 Å². The molecule has 7 heteroatoms. The monoisotopic (exact) mass is 338 g/mol. The largest absolute Gasteiger partial charge is 0.364 e. The maximum absolute atomic E-state index is 12.3. The van der Waals surface area contributed by atoms with E-state index in [4.69, 9.17) is 0 Å². The third-order valence-corrected chi connectivity index (χ3v) is 4.90. The van der Waals surface area contributed by atoms with Gasteiger partial charge in [-0.15, -0.1) is 5.10 Å². The number of aromatic nitrogens is 5. The molecule has 0 radical (unpaired) electrons. The van der Waals surface area contributed by atoms with Crippen molar-refractivity contribution in [2.75, 3.05) is 5.32 Å². The van der Waals surface area contributed by atoms with Crippen LogP contribution < -0.4 is 10.9 Å². The number of H-pyrrole nitrogens is 1. The Morgan fingerprint density at radius 3 is 2.92 bits per heavy atom. The van der Waals surface area contributed by atoms with Gasteiger partial charge in [0.15, 0.2) is 16.9 Å². The lowest BCUT2D eigenvalue weighted by Crippen LogP contribution is -2.27. The lowest BCUT2D eigenvalue weighted by Gasteiger charge is -2.27. The Labute approximate surface area is 145 Å². The molecule has 0 unspecified atom stereocenters. The smallest absolute Gasteiger partial charge is 0.292 e. The van der Waals surface area contributed by atoms with Crippen molar-refractivity contribution in [1.82, 2.24) is 25.2 Å². The van der Waals surface area contributed by atoms with Crippen molar-refractivity contribution < 1.29 is 0 Å². The Bertz CT molecular complexity index is 916. The molecule has 0 spiro atoms. The van der Waals surface area contributed by atoms with Crippen LogP contribution in [0.25, 0.3) is 11.0 Å². The standard InChI is InChI=1S/C18H22N6O/c1-12-6-5-9-14(10-12)19-17-15-16(18(25)22-21-17)24(23-20-15)11-13-7-3-2-4-8-13/h2-4,7-8,12,14H,5-6,9-11H2,1H3,(H,19,21)(H,22,25)/t12-,14-/m1/s1. The summed E-state index contributed by atoms with van der Waals surface area (Å²) in [4.78, 5) is 12.3. The van der Waals surface area contributed by atoms with E-state index in [2.05, 4.69) is 32.7 Å². The first kappa shape index (κ1) is 15.8. The lowest BCUT2D eigenvalue weighted by atomic mass is 9.87. The highest BCUT2D eigenvalue weighted by molar-refractivity contribution is 5.84. The van der Waals surface area contributed by atoms with Gasteiger partial charge in [0, 0.05) is 6.04 Å². The molecule has 0 aliphatic heterocycles. The zero-order valence-corrected chi connectivity index (χ0v) is 14.3. The minimum Gasteiger partial charge on any atom is -0.364 e. The summed E-state index contributed by atoms with van der Waals surface area (Å²) >= 11 is 0. The second-order valence-corrected chi connectivity index (χ2v) is 6.94. The topological polar surface area (TPSA) is 88.5 Å². The SMILES string of the molecule is C[C@@H]1CCC[C@@H](Nc2n[nH]c(=O)c3c2nnn3Cc2ccccc2)C1. The maximum atomic E-state index is 12.3. The van der Waals surface area contributed by atoms with Crippen LogP contribution in [0.3, 0.4) is 0 Å². The number of rotatable bonds is 4. The van der Waals surface area contributed by atoms with Crippen LogP contribution >= 0.6 is 0 Å². The number of hydrogen-bond acceptors (Lipinski definition) is 5. The quantitative estimate of drug-likeness (QED) is 0.763. The maximum Gasteiger partial charge on any atom is 0.292 e. The van der Waals surface area contributed by atoms with Crippen LogP contribution in [-0.4, -0.2) is 31.2 Å². The van der Waals surface area contributed by atoms with E-state index in [1.807, 2.05) is 30.3 Å². The minimum atomic E-state index is -0.265. The second-order valence-electron chi connectivity index (χ2n) is 6.94. The van der Waals surface area contributed by atoms with Gasteiger partial charge in [0.2, 0.25) is 0 Å². The van der Waals surface area contributed by atoms with Gasteiger partial charge < -0.3 is 5.32 Å². The highest BCUT2D eigenvalue weighted by Crippen LogP contribution is 2.27. The highest BCUT2D eigenvalue weighted by Gasteiger charge is 2.22. The molecule has 2 N–H and O–H groups in total. The summed E-state index contributed by atoms with van der Waals surface area (Å²) in [5.41, 5.74) is 1.81. The molecule has 1 aromatic carbocycles. The molecular formula is C18H22N6O. The van der Waals surface area contributed by atoms with Crippen molar-refractivity contribution in [1.29, 1.82) is 0 Å². The third kappa shape index (κ3) is 3.26. The first-order chi connectivity index (χ1) is 12.2. The van der Waals surface area contributed by atoms with Gasteiger partial charge in [0.05, 0.1) is 6.54 Å². The average Bonchev–Trinajstić information content (AvgIpc) is 3.03. The second kappa shape index (κ2) is 6.66. The molecule has 130 valence electrons. The van der Waals surface area contributed by atoms with Gasteiger partial charge in [-0.1, -0.05) is 55.3 Å². The van der Waals surface area contributed by atoms with E-state index in [9.17, 15) is 4.79 Å². The number of hydrogen-bond donors (Lipinski definition) is 2. The van der Waals surface area contributed by atoms with Crippen molar-refractivity contribution in [2.45, 2.75) is 45.2 Å². The summed E-state index contributed by atoms with van der Waals surface area (Å²) in [6.07, 6.45) is 4.72. The van der Waals surface area contributed by atoms with Crippen LogP contribution in [0, 0.1) is 5.92 Å². The van der Waals surface area contributed by atoms with Crippen molar-refractivity contribution >= 4 is 16.9 Å². The van der Waals surface area contributed by atoms with Gasteiger partial charge in [-0.2, -0.15) is 5.10 Å². The summed E-state index contributed by atoms with van der Waals surface area (Å²) in [5.74, 6) is 1.33. The van der Waals surface area contributed by atoms with E-state index in [-0.39, 0.29) is 5.56 Å².